The zero-order valence-electron chi connectivity index (χ0n) is 12.9. The maximum absolute atomic E-state index is 13.7. The van der Waals surface area contributed by atoms with E-state index < -0.39 is 11.9 Å². The summed E-state index contributed by atoms with van der Waals surface area (Å²) in [7, 11) is 0. The van der Waals surface area contributed by atoms with E-state index in [0.717, 1.165) is 0 Å². The first-order valence-electron chi connectivity index (χ1n) is 7.24. The third-order valence-electron chi connectivity index (χ3n) is 3.58. The first-order valence-corrected chi connectivity index (χ1v) is 8.00. The second kappa shape index (κ2) is 7.16. The summed E-state index contributed by atoms with van der Waals surface area (Å²) in [5.41, 5.74) is 1.49. The van der Waals surface area contributed by atoms with Gasteiger partial charge in [-0.25, -0.2) is 9.07 Å². The molecule has 0 aliphatic heterocycles. The fourth-order valence-electron chi connectivity index (χ4n) is 2.30. The van der Waals surface area contributed by atoms with Crippen LogP contribution in [0.2, 0.25) is 10.0 Å². The Bertz CT molecular complexity index is 917. The van der Waals surface area contributed by atoms with Gasteiger partial charge in [0.1, 0.15) is 12.1 Å². The standard InChI is InChI=1S/C16H12Cl2FN5O/c1-9(12-6-15(19)14(18)7-13(12)17)21-16(25)10-3-2-4-11(5-10)24-8-20-22-23-24/h2-9H,1H3,(H,21,25). The zero-order valence-corrected chi connectivity index (χ0v) is 14.5. The van der Waals surface area contributed by atoms with Crippen LogP contribution < -0.4 is 5.32 Å². The third kappa shape index (κ3) is 3.78. The Kier molecular flexibility index (Phi) is 4.96. The van der Waals surface area contributed by atoms with Gasteiger partial charge in [0.15, 0.2) is 0 Å². The fraction of sp³-hybridized carbons (Fsp3) is 0.125. The van der Waals surface area contributed by atoms with Crippen molar-refractivity contribution in [2.24, 2.45) is 0 Å². The summed E-state index contributed by atoms with van der Waals surface area (Å²) in [6.45, 7) is 1.71. The molecule has 6 nitrogen and oxygen atoms in total. The van der Waals surface area contributed by atoms with Crippen LogP contribution >= 0.6 is 23.2 Å². The van der Waals surface area contributed by atoms with Crippen molar-refractivity contribution < 1.29 is 9.18 Å². The monoisotopic (exact) mass is 379 g/mol. The molecule has 9 heteroatoms. The number of benzene rings is 2. The van der Waals surface area contributed by atoms with E-state index in [4.69, 9.17) is 23.2 Å². The lowest BCUT2D eigenvalue weighted by Crippen LogP contribution is -2.27. The number of amides is 1. The van der Waals surface area contributed by atoms with E-state index in [1.54, 1.807) is 31.2 Å². The molecule has 0 radical (unpaired) electrons. The smallest absolute Gasteiger partial charge is 0.251 e. The maximum Gasteiger partial charge on any atom is 0.251 e. The largest absolute Gasteiger partial charge is 0.345 e. The lowest BCUT2D eigenvalue weighted by Gasteiger charge is -2.16. The van der Waals surface area contributed by atoms with E-state index in [9.17, 15) is 9.18 Å². The van der Waals surface area contributed by atoms with Gasteiger partial charge in [-0.2, -0.15) is 0 Å². The molecule has 2 aromatic carbocycles. The van der Waals surface area contributed by atoms with Crippen LogP contribution in [0, 0.1) is 5.82 Å². The number of nitrogens with zero attached hydrogens (tertiary/aromatic N) is 4. The molecule has 0 aliphatic carbocycles. The molecule has 0 fully saturated rings. The lowest BCUT2D eigenvalue weighted by atomic mass is 10.1. The summed E-state index contributed by atoms with van der Waals surface area (Å²) in [5, 5.41) is 13.9. The number of hydrogen-bond acceptors (Lipinski definition) is 4. The highest BCUT2D eigenvalue weighted by molar-refractivity contribution is 6.35. The molecule has 3 aromatic rings. The van der Waals surface area contributed by atoms with Gasteiger partial charge in [0, 0.05) is 10.6 Å². The molecule has 1 N–H and O–H groups in total. The molecule has 0 bridgehead atoms. The molecule has 1 heterocycles. The number of aromatic nitrogens is 4. The van der Waals surface area contributed by atoms with Crippen LogP contribution in [0.3, 0.4) is 0 Å². The highest BCUT2D eigenvalue weighted by atomic mass is 35.5. The molecule has 3 rings (SSSR count). The number of halogens is 3. The van der Waals surface area contributed by atoms with Crippen molar-refractivity contribution in [2.75, 3.05) is 0 Å². The number of carbonyl (C=O) groups excluding carboxylic acids is 1. The lowest BCUT2D eigenvalue weighted by molar-refractivity contribution is 0.0940. The topological polar surface area (TPSA) is 72.7 Å². The van der Waals surface area contributed by atoms with Gasteiger partial charge in [-0.3, -0.25) is 4.79 Å². The van der Waals surface area contributed by atoms with Crippen LogP contribution in [0.15, 0.2) is 42.7 Å². The summed E-state index contributed by atoms with van der Waals surface area (Å²) in [5.74, 6) is -0.934. The van der Waals surface area contributed by atoms with Crippen molar-refractivity contribution in [3.63, 3.8) is 0 Å². The Balaban J connectivity index is 1.81. The van der Waals surface area contributed by atoms with Gasteiger partial charge in [-0.05, 0) is 53.2 Å². The molecule has 128 valence electrons. The molecule has 1 atom stereocenters. The van der Waals surface area contributed by atoms with Crippen LogP contribution in [-0.4, -0.2) is 26.1 Å². The van der Waals surface area contributed by atoms with Crippen LogP contribution in [-0.2, 0) is 0 Å². The van der Waals surface area contributed by atoms with Crippen molar-refractivity contribution >= 4 is 29.1 Å². The Labute approximate surface area is 152 Å². The van der Waals surface area contributed by atoms with Crippen LogP contribution in [0.25, 0.3) is 5.69 Å². The van der Waals surface area contributed by atoms with Gasteiger partial charge in [0.2, 0.25) is 0 Å². The summed E-state index contributed by atoms with van der Waals surface area (Å²) in [6.07, 6.45) is 1.43. The number of tetrazole rings is 1. The van der Waals surface area contributed by atoms with Gasteiger partial charge in [-0.15, -0.1) is 5.10 Å². The highest BCUT2D eigenvalue weighted by Gasteiger charge is 2.17. The Hall–Kier alpha value is -2.51. The van der Waals surface area contributed by atoms with Crippen molar-refractivity contribution in [1.82, 2.24) is 25.5 Å². The Morgan fingerprint density at radius 2 is 2.04 bits per heavy atom. The van der Waals surface area contributed by atoms with Crippen LogP contribution in [0.1, 0.15) is 28.9 Å². The van der Waals surface area contributed by atoms with Crippen molar-refractivity contribution in [3.05, 3.63) is 69.7 Å². The van der Waals surface area contributed by atoms with Crippen LogP contribution in [0.5, 0.6) is 0 Å². The number of carbonyl (C=O) groups is 1. The molecule has 0 saturated carbocycles. The minimum Gasteiger partial charge on any atom is -0.345 e. The third-order valence-corrected chi connectivity index (χ3v) is 4.19. The molecule has 1 unspecified atom stereocenters. The van der Waals surface area contributed by atoms with Gasteiger partial charge in [0.05, 0.1) is 16.8 Å². The second-order valence-corrected chi connectivity index (χ2v) is 6.10. The number of rotatable bonds is 4. The normalized spacial score (nSPS) is 12.0. The molecule has 1 amide bonds. The van der Waals surface area contributed by atoms with E-state index >= 15 is 0 Å². The van der Waals surface area contributed by atoms with E-state index in [-0.39, 0.29) is 16.0 Å². The Morgan fingerprint density at radius 1 is 1.24 bits per heavy atom. The first-order chi connectivity index (χ1) is 12.0. The average molecular weight is 380 g/mol. The highest BCUT2D eigenvalue weighted by Crippen LogP contribution is 2.28. The molecule has 25 heavy (non-hydrogen) atoms. The predicted molar refractivity (Wildman–Crippen MR) is 91.5 cm³/mol. The maximum atomic E-state index is 13.7. The van der Waals surface area contributed by atoms with Crippen molar-refractivity contribution in [2.45, 2.75) is 13.0 Å². The molecule has 0 aliphatic rings. The minimum absolute atomic E-state index is 0.0681. The molecular formula is C16H12Cl2FN5O. The van der Waals surface area contributed by atoms with Crippen molar-refractivity contribution in [1.29, 1.82) is 0 Å². The molecule has 1 aromatic heterocycles. The fourth-order valence-corrected chi connectivity index (χ4v) is 2.84. The summed E-state index contributed by atoms with van der Waals surface area (Å²) >= 11 is 11.8. The number of hydrogen-bond donors (Lipinski definition) is 1. The Morgan fingerprint density at radius 3 is 2.76 bits per heavy atom. The van der Waals surface area contributed by atoms with Gasteiger partial charge in [-0.1, -0.05) is 29.3 Å². The minimum atomic E-state index is -0.595. The summed E-state index contributed by atoms with van der Waals surface area (Å²) in [6, 6.07) is 8.79. The van der Waals surface area contributed by atoms with Crippen LogP contribution in [0.4, 0.5) is 4.39 Å². The van der Waals surface area contributed by atoms with E-state index in [0.29, 0.717) is 16.8 Å². The molecule has 0 spiro atoms. The summed E-state index contributed by atoms with van der Waals surface area (Å²) < 4.78 is 15.1. The number of nitrogens with one attached hydrogen (secondary N) is 1. The SMILES string of the molecule is CC(NC(=O)c1cccc(-n2cnnn2)c1)c1cc(F)c(Cl)cc1Cl. The first kappa shape index (κ1) is 17.3. The average Bonchev–Trinajstić information content (AvgIpc) is 3.12. The van der Waals surface area contributed by atoms with E-state index in [1.165, 1.54) is 23.1 Å². The molecular weight excluding hydrogens is 368 g/mol. The molecule has 0 saturated heterocycles. The van der Waals surface area contributed by atoms with E-state index in [2.05, 4.69) is 20.8 Å². The van der Waals surface area contributed by atoms with Gasteiger partial charge in [0.25, 0.3) is 5.91 Å². The second-order valence-electron chi connectivity index (χ2n) is 5.29. The quantitative estimate of drug-likeness (QED) is 0.702. The summed E-state index contributed by atoms with van der Waals surface area (Å²) in [4.78, 5) is 12.5. The zero-order chi connectivity index (χ0) is 18.0. The van der Waals surface area contributed by atoms with Gasteiger partial charge >= 0.3 is 0 Å². The van der Waals surface area contributed by atoms with Crippen molar-refractivity contribution in [3.8, 4) is 5.69 Å². The van der Waals surface area contributed by atoms with Gasteiger partial charge < -0.3 is 5.32 Å². The van der Waals surface area contributed by atoms with E-state index in [1.807, 2.05) is 0 Å². The predicted octanol–water partition coefficient (Wildman–Crippen LogP) is 3.60.